The van der Waals surface area contributed by atoms with Gasteiger partial charge in [0.25, 0.3) is 5.91 Å². The minimum atomic E-state index is -0.616. The van der Waals surface area contributed by atoms with Crippen LogP contribution in [0.2, 0.25) is 0 Å². The third-order valence-electron chi connectivity index (χ3n) is 2.33. The predicted octanol–water partition coefficient (Wildman–Crippen LogP) is 2.63. The van der Waals surface area contributed by atoms with Crippen molar-refractivity contribution in [3.8, 4) is 0 Å². The molecule has 0 fully saturated rings. The molecule has 0 heterocycles. The van der Waals surface area contributed by atoms with Crippen molar-refractivity contribution in [2.24, 2.45) is 0 Å². The Bertz CT molecular complexity index is 506. The van der Waals surface area contributed by atoms with Crippen LogP contribution in [0.15, 0.2) is 18.2 Å². The number of amides is 2. The highest BCUT2D eigenvalue weighted by Gasteiger charge is 2.20. The minimum absolute atomic E-state index is 0.334. The Balaban J connectivity index is 2.98. The number of aryl methyl sites for hydroxylation is 1. The summed E-state index contributed by atoms with van der Waals surface area (Å²) in [6.07, 6.45) is -0.616. The third kappa shape index (κ3) is 4.55. The highest BCUT2D eigenvalue weighted by molar-refractivity contribution is 6.03. The van der Waals surface area contributed by atoms with Gasteiger partial charge in [-0.2, -0.15) is 0 Å². The van der Waals surface area contributed by atoms with E-state index in [1.807, 2.05) is 0 Å². The summed E-state index contributed by atoms with van der Waals surface area (Å²) in [7, 11) is 1.34. The summed E-state index contributed by atoms with van der Waals surface area (Å²) < 4.78 is 5.16. The van der Waals surface area contributed by atoms with Crippen LogP contribution in [0.1, 0.15) is 36.7 Å². The summed E-state index contributed by atoms with van der Waals surface area (Å²) in [5, 5.41) is 2.57. The molecule has 0 radical (unpaired) electrons. The number of rotatable bonds is 3. The molecule has 6 heteroatoms. The molecule has 0 bridgehead atoms. The van der Waals surface area contributed by atoms with Gasteiger partial charge in [-0.3, -0.25) is 14.9 Å². The molecule has 0 spiro atoms. The summed E-state index contributed by atoms with van der Waals surface area (Å²) in [6.45, 7) is 7.06. The molecule has 2 amide bonds. The Labute approximate surface area is 118 Å². The molecule has 1 aromatic rings. The van der Waals surface area contributed by atoms with Crippen molar-refractivity contribution in [1.82, 2.24) is 5.48 Å². The van der Waals surface area contributed by atoms with E-state index in [-0.39, 0.29) is 0 Å². The second-order valence-electron chi connectivity index (χ2n) is 5.26. The number of nitrogens with one attached hydrogen (secondary N) is 2. The van der Waals surface area contributed by atoms with Crippen molar-refractivity contribution in [1.29, 1.82) is 0 Å². The summed E-state index contributed by atoms with van der Waals surface area (Å²) in [4.78, 5) is 28.3. The highest BCUT2D eigenvalue weighted by Crippen LogP contribution is 2.20. The molecule has 0 saturated heterocycles. The van der Waals surface area contributed by atoms with E-state index in [2.05, 4.69) is 15.6 Å². The number of ether oxygens (including phenoxy) is 1. The lowest BCUT2D eigenvalue weighted by atomic mass is 10.1. The lowest BCUT2D eigenvalue weighted by molar-refractivity contribution is 0.0538. The average Bonchev–Trinajstić information content (AvgIpc) is 2.26. The van der Waals surface area contributed by atoms with Gasteiger partial charge in [-0.1, -0.05) is 12.1 Å². The number of hydroxylamine groups is 1. The third-order valence-corrected chi connectivity index (χ3v) is 2.33. The molecular formula is C14H20N2O4. The van der Waals surface area contributed by atoms with Gasteiger partial charge < -0.3 is 4.74 Å². The van der Waals surface area contributed by atoms with E-state index in [1.165, 1.54) is 7.11 Å². The molecule has 0 aromatic heterocycles. The maximum atomic E-state index is 11.9. The van der Waals surface area contributed by atoms with Crippen LogP contribution < -0.4 is 10.8 Å². The van der Waals surface area contributed by atoms with Gasteiger partial charge in [-0.25, -0.2) is 10.3 Å². The summed E-state index contributed by atoms with van der Waals surface area (Å²) in [6, 6.07) is 5.14. The topological polar surface area (TPSA) is 76.7 Å². The van der Waals surface area contributed by atoms with Crippen LogP contribution in [0, 0.1) is 6.92 Å². The summed E-state index contributed by atoms with van der Waals surface area (Å²) in [5.74, 6) is -0.434. The van der Waals surface area contributed by atoms with E-state index < -0.39 is 17.6 Å². The quantitative estimate of drug-likeness (QED) is 0.834. The van der Waals surface area contributed by atoms with Crippen LogP contribution in [-0.4, -0.2) is 24.7 Å². The van der Waals surface area contributed by atoms with Crippen molar-refractivity contribution in [2.45, 2.75) is 33.3 Å². The molecule has 6 nitrogen and oxygen atoms in total. The smallest absolute Gasteiger partial charge is 0.412 e. The minimum Gasteiger partial charge on any atom is -0.444 e. The van der Waals surface area contributed by atoms with Crippen molar-refractivity contribution in [2.75, 3.05) is 12.4 Å². The van der Waals surface area contributed by atoms with Gasteiger partial charge in [0, 0.05) is 0 Å². The summed E-state index contributed by atoms with van der Waals surface area (Å²) >= 11 is 0. The molecule has 2 N–H and O–H groups in total. The van der Waals surface area contributed by atoms with Gasteiger partial charge >= 0.3 is 6.09 Å². The normalized spacial score (nSPS) is 10.8. The van der Waals surface area contributed by atoms with Gasteiger partial charge in [0.05, 0.1) is 18.4 Å². The zero-order valence-electron chi connectivity index (χ0n) is 12.4. The van der Waals surface area contributed by atoms with Crippen molar-refractivity contribution in [3.05, 3.63) is 29.3 Å². The number of carbonyl (C=O) groups is 2. The highest BCUT2D eigenvalue weighted by atomic mass is 16.6. The van der Waals surface area contributed by atoms with Gasteiger partial charge in [0.1, 0.15) is 5.60 Å². The van der Waals surface area contributed by atoms with E-state index >= 15 is 0 Å². The second kappa shape index (κ2) is 6.38. The van der Waals surface area contributed by atoms with Gasteiger partial charge in [-0.05, 0) is 39.3 Å². The van der Waals surface area contributed by atoms with Crippen LogP contribution in [0.25, 0.3) is 0 Å². The van der Waals surface area contributed by atoms with Crippen molar-refractivity contribution < 1.29 is 19.2 Å². The van der Waals surface area contributed by atoms with E-state index in [4.69, 9.17) is 4.74 Å². The van der Waals surface area contributed by atoms with E-state index in [9.17, 15) is 9.59 Å². The molecular weight excluding hydrogens is 260 g/mol. The lowest BCUT2D eigenvalue weighted by Gasteiger charge is -2.20. The first-order valence-corrected chi connectivity index (χ1v) is 6.17. The number of anilines is 1. The largest absolute Gasteiger partial charge is 0.444 e. The average molecular weight is 280 g/mol. The molecule has 0 saturated carbocycles. The summed E-state index contributed by atoms with van der Waals surface area (Å²) in [5.41, 5.74) is 3.04. The van der Waals surface area contributed by atoms with Crippen LogP contribution in [0.5, 0.6) is 0 Å². The molecule has 0 aliphatic carbocycles. The zero-order valence-corrected chi connectivity index (χ0v) is 12.4. The van der Waals surface area contributed by atoms with Crippen molar-refractivity contribution >= 4 is 17.7 Å². The van der Waals surface area contributed by atoms with Crippen molar-refractivity contribution in [3.63, 3.8) is 0 Å². The SMILES string of the molecule is CONC(=O)c1c(C)cccc1NC(=O)OC(C)(C)C. The van der Waals surface area contributed by atoms with Gasteiger partial charge in [0.2, 0.25) is 0 Å². The van der Waals surface area contributed by atoms with E-state index in [1.54, 1.807) is 45.9 Å². The number of hydrogen-bond acceptors (Lipinski definition) is 4. The Morgan fingerprint density at radius 1 is 1.20 bits per heavy atom. The molecule has 20 heavy (non-hydrogen) atoms. The first kappa shape index (κ1) is 16.0. The molecule has 1 aromatic carbocycles. The Hall–Kier alpha value is -2.08. The molecule has 110 valence electrons. The fraction of sp³-hybridized carbons (Fsp3) is 0.429. The number of carbonyl (C=O) groups excluding carboxylic acids is 2. The van der Waals surface area contributed by atoms with Gasteiger partial charge in [0.15, 0.2) is 0 Å². The molecule has 0 aliphatic rings. The fourth-order valence-electron chi connectivity index (χ4n) is 1.63. The predicted molar refractivity (Wildman–Crippen MR) is 75.5 cm³/mol. The Morgan fingerprint density at radius 3 is 2.40 bits per heavy atom. The first-order chi connectivity index (χ1) is 9.24. The number of hydrogen-bond donors (Lipinski definition) is 2. The monoisotopic (exact) mass is 280 g/mol. The molecule has 1 rings (SSSR count). The van der Waals surface area contributed by atoms with Crippen LogP contribution in [0.4, 0.5) is 10.5 Å². The fourth-order valence-corrected chi connectivity index (χ4v) is 1.63. The lowest BCUT2D eigenvalue weighted by Crippen LogP contribution is -2.29. The van der Waals surface area contributed by atoms with Gasteiger partial charge in [-0.15, -0.1) is 0 Å². The Morgan fingerprint density at radius 2 is 1.85 bits per heavy atom. The second-order valence-corrected chi connectivity index (χ2v) is 5.26. The number of benzene rings is 1. The Kier molecular flexibility index (Phi) is 5.10. The van der Waals surface area contributed by atoms with E-state index in [0.29, 0.717) is 16.8 Å². The first-order valence-electron chi connectivity index (χ1n) is 6.17. The maximum Gasteiger partial charge on any atom is 0.412 e. The molecule has 0 atom stereocenters. The molecule has 0 aliphatic heterocycles. The zero-order chi connectivity index (χ0) is 15.3. The molecule has 0 unspecified atom stereocenters. The maximum absolute atomic E-state index is 11.9. The van der Waals surface area contributed by atoms with Crippen LogP contribution >= 0.6 is 0 Å². The van der Waals surface area contributed by atoms with E-state index in [0.717, 1.165) is 0 Å². The van der Waals surface area contributed by atoms with Crippen LogP contribution in [-0.2, 0) is 9.57 Å². The standard InChI is InChI=1S/C14H20N2O4/c1-9-7-6-8-10(11(9)12(17)16-19-5)15-13(18)20-14(2,3)4/h6-8H,1-5H3,(H,15,18)(H,16,17). The van der Waals surface area contributed by atoms with Crippen LogP contribution in [0.3, 0.4) is 0 Å².